The van der Waals surface area contributed by atoms with Gasteiger partial charge in [-0.05, 0) is 31.9 Å². The Morgan fingerprint density at radius 2 is 2.29 bits per heavy atom. The number of carbonyl (C=O) groups is 1. The smallest absolute Gasteiger partial charge is 0.251 e. The second-order valence-electron chi connectivity index (χ2n) is 5.57. The highest BCUT2D eigenvalue weighted by Gasteiger charge is 2.24. The van der Waals surface area contributed by atoms with E-state index in [1.807, 2.05) is 13.1 Å². The van der Waals surface area contributed by atoms with E-state index in [0.29, 0.717) is 18.0 Å². The fraction of sp³-hybridized carbons (Fsp3) is 0.625. The molecule has 2 unspecified atom stereocenters. The van der Waals surface area contributed by atoms with Crippen LogP contribution in [0.25, 0.3) is 0 Å². The maximum Gasteiger partial charge on any atom is 0.251 e. The van der Waals surface area contributed by atoms with Crippen molar-refractivity contribution in [2.75, 3.05) is 25.5 Å². The van der Waals surface area contributed by atoms with E-state index in [9.17, 15) is 4.79 Å². The van der Waals surface area contributed by atoms with Crippen molar-refractivity contribution >= 4 is 11.7 Å². The summed E-state index contributed by atoms with van der Waals surface area (Å²) in [6.07, 6.45) is 3.13. The van der Waals surface area contributed by atoms with Crippen molar-refractivity contribution in [1.29, 1.82) is 0 Å². The summed E-state index contributed by atoms with van der Waals surface area (Å²) in [5.74, 6) is 1.11. The molecule has 1 saturated heterocycles. The number of nitrogens with one attached hydrogen (secondary N) is 2. The van der Waals surface area contributed by atoms with Gasteiger partial charge in [0.15, 0.2) is 0 Å². The molecule has 1 aromatic heterocycles. The Bertz CT molecular complexity index is 490. The van der Waals surface area contributed by atoms with Crippen molar-refractivity contribution < 1.29 is 9.53 Å². The Kier molecular flexibility index (Phi) is 5.56. The van der Waals surface area contributed by atoms with Crippen LogP contribution in [0.15, 0.2) is 12.1 Å². The van der Waals surface area contributed by atoms with Gasteiger partial charge in [0.1, 0.15) is 5.82 Å². The first-order valence-electron chi connectivity index (χ1n) is 7.72. The summed E-state index contributed by atoms with van der Waals surface area (Å²) in [4.78, 5) is 16.8. The van der Waals surface area contributed by atoms with Crippen molar-refractivity contribution in [3.05, 3.63) is 23.4 Å². The van der Waals surface area contributed by atoms with Crippen LogP contribution in [0.4, 0.5) is 5.82 Å². The van der Waals surface area contributed by atoms with E-state index >= 15 is 0 Å². The summed E-state index contributed by atoms with van der Waals surface area (Å²) in [5.41, 5.74) is 1.62. The van der Waals surface area contributed by atoms with Gasteiger partial charge in [-0.25, -0.2) is 4.98 Å². The second-order valence-corrected chi connectivity index (χ2v) is 5.57. The second kappa shape index (κ2) is 7.41. The molecule has 1 aliphatic rings. The normalized spacial score (nSPS) is 21.3. The first kappa shape index (κ1) is 15.8. The molecule has 1 aliphatic heterocycles. The molecule has 116 valence electrons. The zero-order valence-electron chi connectivity index (χ0n) is 13.1. The molecule has 1 amide bonds. The minimum absolute atomic E-state index is 0.0367. The van der Waals surface area contributed by atoms with Gasteiger partial charge < -0.3 is 15.4 Å². The maximum absolute atomic E-state index is 12.3. The van der Waals surface area contributed by atoms with Crippen LogP contribution in [0, 0.1) is 5.92 Å². The van der Waals surface area contributed by atoms with Crippen molar-refractivity contribution in [1.82, 2.24) is 10.3 Å². The first-order valence-corrected chi connectivity index (χ1v) is 7.72. The molecule has 2 rings (SSSR count). The van der Waals surface area contributed by atoms with Crippen LogP contribution in [0.1, 0.15) is 42.7 Å². The predicted octanol–water partition coefficient (Wildman–Crippen LogP) is 2.23. The number of hydrogen-bond acceptors (Lipinski definition) is 4. The van der Waals surface area contributed by atoms with Crippen molar-refractivity contribution in [3.8, 4) is 0 Å². The number of anilines is 1. The Morgan fingerprint density at radius 1 is 1.48 bits per heavy atom. The van der Waals surface area contributed by atoms with E-state index in [1.165, 1.54) is 0 Å². The van der Waals surface area contributed by atoms with Gasteiger partial charge in [-0.15, -0.1) is 0 Å². The lowest BCUT2D eigenvalue weighted by molar-refractivity contribution is 0.0907. The highest BCUT2D eigenvalue weighted by Crippen LogP contribution is 2.19. The first-order chi connectivity index (χ1) is 10.1. The van der Waals surface area contributed by atoms with Crippen molar-refractivity contribution in [2.24, 2.45) is 5.92 Å². The zero-order valence-corrected chi connectivity index (χ0v) is 13.1. The largest absolute Gasteiger partial charge is 0.378 e. The van der Waals surface area contributed by atoms with E-state index in [-0.39, 0.29) is 12.0 Å². The standard InChI is InChI=1S/C16H25N3O2/c1-4-5-14-8-13(9-15(17-3)19-14)16(20)18-10-12-6-7-21-11(12)2/h8-9,11-12H,4-7,10H2,1-3H3,(H,17,19)(H,18,20). The molecule has 5 nitrogen and oxygen atoms in total. The summed E-state index contributed by atoms with van der Waals surface area (Å²) < 4.78 is 5.52. The number of ether oxygens (including phenoxy) is 1. The Hall–Kier alpha value is -1.62. The summed E-state index contributed by atoms with van der Waals surface area (Å²) in [5, 5.41) is 6.03. The zero-order chi connectivity index (χ0) is 15.2. The van der Waals surface area contributed by atoms with Gasteiger partial charge in [-0.1, -0.05) is 13.3 Å². The van der Waals surface area contributed by atoms with Gasteiger partial charge in [0.25, 0.3) is 5.91 Å². The summed E-state index contributed by atoms with van der Waals surface area (Å²) in [7, 11) is 1.82. The van der Waals surface area contributed by atoms with E-state index < -0.39 is 0 Å². The van der Waals surface area contributed by atoms with Crippen LogP contribution in [-0.2, 0) is 11.2 Å². The third-order valence-electron chi connectivity index (χ3n) is 3.96. The summed E-state index contributed by atoms with van der Waals surface area (Å²) in [6.45, 7) is 5.63. The highest BCUT2D eigenvalue weighted by atomic mass is 16.5. The molecule has 0 aromatic carbocycles. The number of hydrogen-bond donors (Lipinski definition) is 2. The molecule has 2 atom stereocenters. The van der Waals surface area contributed by atoms with Crippen LogP contribution < -0.4 is 10.6 Å². The molecule has 1 fully saturated rings. The average molecular weight is 291 g/mol. The predicted molar refractivity (Wildman–Crippen MR) is 83.6 cm³/mol. The molecule has 5 heteroatoms. The quantitative estimate of drug-likeness (QED) is 0.843. The third-order valence-corrected chi connectivity index (χ3v) is 3.96. The lowest BCUT2D eigenvalue weighted by atomic mass is 10.0. The molecular weight excluding hydrogens is 266 g/mol. The van der Waals surface area contributed by atoms with Crippen LogP contribution >= 0.6 is 0 Å². The molecule has 0 radical (unpaired) electrons. The molecule has 2 N–H and O–H groups in total. The van der Waals surface area contributed by atoms with Gasteiger partial charge in [0.2, 0.25) is 0 Å². The molecule has 0 bridgehead atoms. The third kappa shape index (κ3) is 4.17. The number of aromatic nitrogens is 1. The number of nitrogens with zero attached hydrogens (tertiary/aromatic N) is 1. The van der Waals surface area contributed by atoms with Crippen molar-refractivity contribution in [3.63, 3.8) is 0 Å². The van der Waals surface area contributed by atoms with Crippen LogP contribution in [0.3, 0.4) is 0 Å². The lowest BCUT2D eigenvalue weighted by Gasteiger charge is -2.15. The molecule has 0 saturated carbocycles. The van der Waals surface area contributed by atoms with E-state index in [1.54, 1.807) is 6.07 Å². The molecule has 2 heterocycles. The van der Waals surface area contributed by atoms with E-state index in [2.05, 4.69) is 29.5 Å². The summed E-state index contributed by atoms with van der Waals surface area (Å²) >= 11 is 0. The van der Waals surface area contributed by atoms with Gasteiger partial charge in [0.05, 0.1) is 6.10 Å². The number of pyridine rings is 1. The topological polar surface area (TPSA) is 63.2 Å². The van der Waals surface area contributed by atoms with Crippen LogP contribution in [0.5, 0.6) is 0 Å². The molecule has 0 aliphatic carbocycles. The molecule has 21 heavy (non-hydrogen) atoms. The SMILES string of the molecule is CCCc1cc(C(=O)NCC2CCOC2C)cc(NC)n1. The highest BCUT2D eigenvalue weighted by molar-refractivity contribution is 5.95. The minimum atomic E-state index is -0.0367. The lowest BCUT2D eigenvalue weighted by Crippen LogP contribution is -2.32. The van der Waals surface area contributed by atoms with Crippen LogP contribution in [0.2, 0.25) is 0 Å². The average Bonchev–Trinajstić information content (AvgIpc) is 2.90. The number of rotatable bonds is 6. The van der Waals surface area contributed by atoms with E-state index in [0.717, 1.165) is 37.4 Å². The monoisotopic (exact) mass is 291 g/mol. The summed E-state index contributed by atoms with van der Waals surface area (Å²) in [6, 6.07) is 3.68. The molecule has 0 spiro atoms. The fourth-order valence-corrected chi connectivity index (χ4v) is 2.60. The number of aryl methyl sites for hydroxylation is 1. The number of amides is 1. The molecule has 1 aromatic rings. The fourth-order valence-electron chi connectivity index (χ4n) is 2.60. The van der Waals surface area contributed by atoms with Crippen LogP contribution in [-0.4, -0.2) is 37.2 Å². The van der Waals surface area contributed by atoms with Gasteiger partial charge in [-0.2, -0.15) is 0 Å². The van der Waals surface area contributed by atoms with Gasteiger partial charge in [0, 0.05) is 37.4 Å². The maximum atomic E-state index is 12.3. The minimum Gasteiger partial charge on any atom is -0.378 e. The van der Waals surface area contributed by atoms with Crippen molar-refractivity contribution in [2.45, 2.75) is 39.2 Å². The van der Waals surface area contributed by atoms with E-state index in [4.69, 9.17) is 4.74 Å². The Labute approximate surface area is 126 Å². The van der Waals surface area contributed by atoms with Gasteiger partial charge in [-0.3, -0.25) is 4.79 Å². The Balaban J connectivity index is 2.02. The molecular formula is C16H25N3O2. The van der Waals surface area contributed by atoms with Gasteiger partial charge >= 0.3 is 0 Å². The number of carbonyl (C=O) groups excluding carboxylic acids is 1. The Morgan fingerprint density at radius 3 is 2.90 bits per heavy atom.